The molecule has 1 N–H and O–H groups in total. The van der Waals surface area contributed by atoms with Crippen LogP contribution in [0.5, 0.6) is 0 Å². The quantitative estimate of drug-likeness (QED) is 0.663. The molecule has 1 saturated carbocycles. The van der Waals surface area contributed by atoms with E-state index in [9.17, 15) is 4.79 Å². The number of urea groups is 1. The molecule has 1 aliphatic rings. The van der Waals surface area contributed by atoms with Crippen LogP contribution in [0.15, 0.2) is 18.2 Å². The minimum atomic E-state index is -0.0879. The van der Waals surface area contributed by atoms with Gasteiger partial charge in [-0.25, -0.2) is 9.78 Å². The number of imidazole rings is 1. The highest BCUT2D eigenvalue weighted by atomic mass is 16.2. The third-order valence-electron chi connectivity index (χ3n) is 6.49. The molecule has 0 bridgehead atoms. The molecule has 0 spiro atoms. The average molecular weight is 399 g/mol. The molecule has 0 atom stereocenters. The number of rotatable bonds is 6. The van der Waals surface area contributed by atoms with Crippen LogP contribution in [0.3, 0.4) is 0 Å². The smallest absolute Gasteiger partial charge is 0.321 e. The zero-order valence-electron chi connectivity index (χ0n) is 19.1. The van der Waals surface area contributed by atoms with Crippen LogP contribution in [0.1, 0.15) is 79.0 Å². The molecule has 0 radical (unpaired) electrons. The predicted molar refractivity (Wildman–Crippen MR) is 122 cm³/mol. The van der Waals surface area contributed by atoms with Gasteiger partial charge in [0.1, 0.15) is 5.82 Å². The molecule has 3 rings (SSSR count). The lowest BCUT2D eigenvalue weighted by Crippen LogP contribution is -2.40. The van der Waals surface area contributed by atoms with Crippen LogP contribution in [0.4, 0.5) is 10.5 Å². The molecule has 1 aromatic carbocycles. The first-order valence-corrected chi connectivity index (χ1v) is 11.3. The zero-order valence-corrected chi connectivity index (χ0v) is 19.1. The number of carbonyl (C=O) groups excluding carboxylic acids is 1. The fourth-order valence-electron chi connectivity index (χ4n) is 4.28. The molecular formula is C24H38N4O. The number of hydrogen-bond donors (Lipinski definition) is 1. The highest BCUT2D eigenvalue weighted by molar-refractivity contribution is 5.94. The Hall–Kier alpha value is -2.04. The van der Waals surface area contributed by atoms with E-state index in [0.29, 0.717) is 0 Å². The maximum Gasteiger partial charge on any atom is 0.321 e. The molecule has 160 valence electrons. The second-order valence-corrected chi connectivity index (χ2v) is 9.62. The van der Waals surface area contributed by atoms with Gasteiger partial charge in [-0.2, -0.15) is 0 Å². The third kappa shape index (κ3) is 4.76. The first kappa shape index (κ1) is 21.7. The van der Waals surface area contributed by atoms with Crippen molar-refractivity contribution in [1.82, 2.24) is 14.9 Å². The summed E-state index contributed by atoms with van der Waals surface area (Å²) >= 11 is 0. The van der Waals surface area contributed by atoms with Crippen molar-refractivity contribution < 1.29 is 4.79 Å². The summed E-state index contributed by atoms with van der Waals surface area (Å²) in [7, 11) is 1.81. The molecule has 0 saturated heterocycles. The van der Waals surface area contributed by atoms with Gasteiger partial charge in [0.05, 0.1) is 11.0 Å². The van der Waals surface area contributed by atoms with Gasteiger partial charge in [-0.1, -0.05) is 40.0 Å². The van der Waals surface area contributed by atoms with Gasteiger partial charge in [-0.3, -0.25) is 4.90 Å². The second-order valence-electron chi connectivity index (χ2n) is 9.62. The van der Waals surface area contributed by atoms with E-state index in [1.54, 1.807) is 4.90 Å². The summed E-state index contributed by atoms with van der Waals surface area (Å²) in [6, 6.07) is 6.27. The number of nitrogens with zero attached hydrogens (tertiary/aromatic N) is 3. The van der Waals surface area contributed by atoms with Crippen molar-refractivity contribution in [1.29, 1.82) is 0 Å². The lowest BCUT2D eigenvalue weighted by atomic mass is 9.87. The van der Waals surface area contributed by atoms with Gasteiger partial charge in [0, 0.05) is 30.7 Å². The van der Waals surface area contributed by atoms with E-state index in [1.165, 1.54) is 43.4 Å². The summed E-state index contributed by atoms with van der Waals surface area (Å²) < 4.78 is 2.47. The first-order chi connectivity index (χ1) is 13.7. The topological polar surface area (TPSA) is 50.2 Å². The summed E-state index contributed by atoms with van der Waals surface area (Å²) in [4.78, 5) is 19.2. The Kier molecular flexibility index (Phi) is 6.55. The van der Waals surface area contributed by atoms with E-state index in [0.717, 1.165) is 30.1 Å². The number of fused-ring (bicyclic) bond motifs is 1. The van der Waals surface area contributed by atoms with Crippen molar-refractivity contribution in [3.8, 4) is 0 Å². The van der Waals surface area contributed by atoms with E-state index in [-0.39, 0.29) is 17.5 Å². The number of anilines is 1. The van der Waals surface area contributed by atoms with Crippen LogP contribution in [0.25, 0.3) is 11.0 Å². The summed E-state index contributed by atoms with van der Waals surface area (Å²) in [5.74, 6) is 1.92. The molecule has 1 fully saturated rings. The highest BCUT2D eigenvalue weighted by Crippen LogP contribution is 2.34. The molecule has 0 aliphatic heterocycles. The lowest BCUT2D eigenvalue weighted by Gasteiger charge is -2.27. The van der Waals surface area contributed by atoms with Gasteiger partial charge >= 0.3 is 6.03 Å². The maximum atomic E-state index is 12.4. The van der Waals surface area contributed by atoms with Gasteiger partial charge < -0.3 is 9.88 Å². The van der Waals surface area contributed by atoms with Gasteiger partial charge in [0.25, 0.3) is 0 Å². The Morgan fingerprint density at radius 2 is 1.97 bits per heavy atom. The summed E-state index contributed by atoms with van der Waals surface area (Å²) in [5, 5.41) is 2.95. The van der Waals surface area contributed by atoms with Crippen molar-refractivity contribution in [2.24, 2.45) is 5.92 Å². The summed E-state index contributed by atoms with van der Waals surface area (Å²) in [6.45, 7) is 11.8. The van der Waals surface area contributed by atoms with Crippen LogP contribution < -0.4 is 10.2 Å². The molecule has 5 nitrogen and oxygen atoms in total. The zero-order chi connectivity index (χ0) is 21.2. The monoisotopic (exact) mass is 398 g/mol. The highest BCUT2D eigenvalue weighted by Gasteiger charge is 2.28. The Morgan fingerprint density at radius 3 is 2.59 bits per heavy atom. The minimum Gasteiger partial charge on any atom is -0.336 e. The number of aromatic nitrogens is 2. The molecule has 1 aliphatic carbocycles. The Bertz CT molecular complexity index is 846. The van der Waals surface area contributed by atoms with E-state index in [1.807, 2.05) is 27.0 Å². The van der Waals surface area contributed by atoms with Crippen LogP contribution in [-0.4, -0.2) is 28.7 Å². The van der Waals surface area contributed by atoms with Gasteiger partial charge in [-0.05, 0) is 57.2 Å². The van der Waals surface area contributed by atoms with Crippen molar-refractivity contribution in [2.45, 2.75) is 91.1 Å². The number of nitrogens with one attached hydrogen (secondary N) is 1. The Morgan fingerprint density at radius 1 is 1.28 bits per heavy atom. The van der Waals surface area contributed by atoms with Crippen LogP contribution in [0.2, 0.25) is 0 Å². The van der Waals surface area contributed by atoms with E-state index >= 15 is 0 Å². The van der Waals surface area contributed by atoms with Crippen molar-refractivity contribution in [2.75, 3.05) is 11.9 Å². The number of hydrogen-bond acceptors (Lipinski definition) is 2. The molecular weight excluding hydrogens is 360 g/mol. The fourth-order valence-corrected chi connectivity index (χ4v) is 4.28. The van der Waals surface area contributed by atoms with E-state index in [4.69, 9.17) is 4.98 Å². The van der Waals surface area contributed by atoms with Gasteiger partial charge in [-0.15, -0.1) is 0 Å². The summed E-state index contributed by atoms with van der Waals surface area (Å²) in [5.41, 5.74) is 3.07. The molecule has 1 heterocycles. The van der Waals surface area contributed by atoms with E-state index in [2.05, 4.69) is 42.8 Å². The molecule has 0 unspecified atom stereocenters. The van der Waals surface area contributed by atoms with Crippen molar-refractivity contribution >= 4 is 22.8 Å². The SMILES string of the molecule is CCC(C)(C)c1nc2cc(N(C)C(=O)NC(C)C)ccc2n1CC1CCCCC1. The maximum absolute atomic E-state index is 12.4. The van der Waals surface area contributed by atoms with Crippen LogP contribution in [0, 0.1) is 5.92 Å². The molecule has 2 aromatic rings. The number of carbonyl (C=O) groups is 1. The largest absolute Gasteiger partial charge is 0.336 e. The number of benzene rings is 1. The average Bonchev–Trinajstić information content (AvgIpc) is 3.06. The van der Waals surface area contributed by atoms with E-state index < -0.39 is 0 Å². The minimum absolute atomic E-state index is 0.0226. The van der Waals surface area contributed by atoms with Crippen molar-refractivity contribution in [3.05, 3.63) is 24.0 Å². The third-order valence-corrected chi connectivity index (χ3v) is 6.49. The summed E-state index contributed by atoms with van der Waals surface area (Å²) in [6.07, 6.45) is 7.77. The Balaban J connectivity index is 1.99. The second kappa shape index (κ2) is 8.76. The van der Waals surface area contributed by atoms with Crippen LogP contribution in [-0.2, 0) is 12.0 Å². The Labute approximate surface area is 175 Å². The molecule has 2 amide bonds. The van der Waals surface area contributed by atoms with Crippen molar-refractivity contribution in [3.63, 3.8) is 0 Å². The first-order valence-electron chi connectivity index (χ1n) is 11.3. The molecule has 29 heavy (non-hydrogen) atoms. The van der Waals surface area contributed by atoms with Crippen LogP contribution >= 0.6 is 0 Å². The fraction of sp³-hybridized carbons (Fsp3) is 0.667. The van der Waals surface area contributed by atoms with Gasteiger partial charge in [0.15, 0.2) is 0 Å². The standard InChI is InChI=1S/C24H38N4O/c1-7-24(4,5)22-26-20-15-19(27(6)23(29)25-17(2)3)13-14-21(20)28(22)16-18-11-9-8-10-12-18/h13-15,17-18H,7-12,16H2,1-6H3,(H,25,29). The normalized spacial score (nSPS) is 15.8. The predicted octanol–water partition coefficient (Wildman–Crippen LogP) is 5.86. The molecule has 5 heteroatoms. The lowest BCUT2D eigenvalue weighted by molar-refractivity contribution is 0.245. The number of amides is 2. The van der Waals surface area contributed by atoms with Gasteiger partial charge in [0.2, 0.25) is 0 Å². The molecule has 1 aromatic heterocycles.